The Balaban J connectivity index is 1.56. The summed E-state index contributed by atoms with van der Waals surface area (Å²) in [5.74, 6) is -3.10. The molecule has 0 fully saturated rings. The molecule has 0 heterocycles. The summed E-state index contributed by atoms with van der Waals surface area (Å²) in [6.45, 7) is 0.973. The van der Waals surface area contributed by atoms with Gasteiger partial charge >= 0.3 is 17.9 Å². The van der Waals surface area contributed by atoms with Crippen molar-refractivity contribution in [3.8, 4) is 0 Å². The maximum atomic E-state index is 12.8. The highest BCUT2D eigenvalue weighted by Gasteiger charge is 2.37. The van der Waals surface area contributed by atoms with E-state index in [0.717, 1.165) is 12.8 Å². The number of benzene rings is 3. The summed E-state index contributed by atoms with van der Waals surface area (Å²) in [6.07, 6.45) is 1.76. The van der Waals surface area contributed by atoms with Crippen LogP contribution in [0.25, 0.3) is 10.8 Å². The Hall–Kier alpha value is -4.01. The largest absolute Gasteiger partial charge is 0.479 e. The number of aliphatic carboxylic acids is 1. The Kier molecular flexibility index (Phi) is 11.5. The molecular weight excluding hydrogens is 488 g/mol. The van der Waals surface area contributed by atoms with E-state index in [0.29, 0.717) is 5.56 Å². The highest BCUT2D eigenvalue weighted by atomic mass is 16.6. The van der Waals surface area contributed by atoms with Gasteiger partial charge in [0, 0.05) is 0 Å². The number of aryl methyl sites for hydroxylation is 1. The van der Waals surface area contributed by atoms with Gasteiger partial charge in [-0.1, -0.05) is 84.9 Å². The van der Waals surface area contributed by atoms with Gasteiger partial charge in [-0.3, -0.25) is 0 Å². The lowest BCUT2D eigenvalue weighted by atomic mass is 10.0. The molecular formula is C30H32O8. The first-order valence-electron chi connectivity index (χ1n) is 12.4. The first kappa shape index (κ1) is 28.6. The fourth-order valence-electron chi connectivity index (χ4n) is 3.73. The lowest BCUT2D eigenvalue weighted by Crippen LogP contribution is -2.45. The minimum atomic E-state index is -1.68. The zero-order valence-corrected chi connectivity index (χ0v) is 21.3. The number of allylic oxidation sites excluding steroid dienone is 1. The second-order valence-electron chi connectivity index (χ2n) is 8.41. The van der Waals surface area contributed by atoms with Gasteiger partial charge in [0.2, 0.25) is 0 Å². The predicted octanol–water partition coefficient (Wildman–Crippen LogP) is 4.49. The zero-order valence-electron chi connectivity index (χ0n) is 21.3. The van der Waals surface area contributed by atoms with Crippen LogP contribution in [0.15, 0.2) is 84.9 Å². The molecule has 0 bridgehead atoms. The van der Waals surface area contributed by atoms with Crippen LogP contribution >= 0.6 is 0 Å². The van der Waals surface area contributed by atoms with Crippen LogP contribution in [-0.4, -0.2) is 55.0 Å². The highest BCUT2D eigenvalue weighted by molar-refractivity contribution is 5.85. The van der Waals surface area contributed by atoms with E-state index in [1.54, 1.807) is 37.3 Å². The maximum absolute atomic E-state index is 12.8. The first-order chi connectivity index (χ1) is 18.5. The standard InChI is InChI=1S/C30H32O8/c1-2-35-26(31)21-37-28(30(34)38-20-23-12-5-3-6-13-23)27(29(32)33)36-18-10-4-7-11-22-16-17-24-14-8-9-15-25(24)19-22/h3-6,8-10,12-17,19,27-28H,2,7,11,18,20-21H2,1H3,(H,32,33)/t27-,28-/m1/s1. The number of esters is 2. The Morgan fingerprint density at radius 3 is 2.29 bits per heavy atom. The fourth-order valence-corrected chi connectivity index (χ4v) is 3.73. The number of fused-ring (bicyclic) bond motifs is 1. The number of hydrogen-bond acceptors (Lipinski definition) is 7. The molecule has 8 nitrogen and oxygen atoms in total. The summed E-state index contributed by atoms with van der Waals surface area (Å²) in [7, 11) is 0. The van der Waals surface area contributed by atoms with E-state index < -0.39 is 36.7 Å². The molecule has 38 heavy (non-hydrogen) atoms. The van der Waals surface area contributed by atoms with E-state index in [1.165, 1.54) is 16.3 Å². The number of carbonyl (C=O) groups excluding carboxylic acids is 2. The van der Waals surface area contributed by atoms with Crippen LogP contribution in [-0.2, 0) is 46.4 Å². The van der Waals surface area contributed by atoms with Crippen LogP contribution in [0.1, 0.15) is 24.5 Å². The molecule has 0 aliphatic rings. The van der Waals surface area contributed by atoms with Crippen molar-refractivity contribution in [2.75, 3.05) is 19.8 Å². The lowest BCUT2D eigenvalue weighted by molar-refractivity contribution is -0.183. The number of carbonyl (C=O) groups is 3. The molecule has 3 aromatic carbocycles. The normalized spacial score (nSPS) is 12.8. The summed E-state index contributed by atoms with van der Waals surface area (Å²) in [6, 6.07) is 23.4. The number of ether oxygens (including phenoxy) is 4. The molecule has 0 unspecified atom stereocenters. The molecule has 2 atom stereocenters. The van der Waals surface area contributed by atoms with Crippen molar-refractivity contribution in [2.24, 2.45) is 0 Å². The van der Waals surface area contributed by atoms with Gasteiger partial charge in [0.15, 0.2) is 12.2 Å². The molecule has 0 spiro atoms. The Morgan fingerprint density at radius 2 is 1.55 bits per heavy atom. The van der Waals surface area contributed by atoms with Crippen LogP contribution in [0.5, 0.6) is 0 Å². The number of carboxylic acids is 1. The van der Waals surface area contributed by atoms with E-state index in [9.17, 15) is 19.5 Å². The first-order valence-corrected chi connectivity index (χ1v) is 12.4. The zero-order chi connectivity index (χ0) is 27.2. The Morgan fingerprint density at radius 1 is 0.816 bits per heavy atom. The minimum absolute atomic E-state index is 0.0695. The molecule has 0 aromatic heterocycles. The second-order valence-corrected chi connectivity index (χ2v) is 8.41. The number of hydrogen-bond donors (Lipinski definition) is 1. The van der Waals surface area contributed by atoms with E-state index in [2.05, 4.69) is 30.3 Å². The van der Waals surface area contributed by atoms with Crippen molar-refractivity contribution < 1.29 is 38.4 Å². The van der Waals surface area contributed by atoms with Crippen LogP contribution in [0.3, 0.4) is 0 Å². The van der Waals surface area contributed by atoms with Crippen molar-refractivity contribution in [1.29, 1.82) is 0 Å². The molecule has 8 heteroatoms. The van der Waals surface area contributed by atoms with Gasteiger partial charge in [-0.15, -0.1) is 0 Å². The lowest BCUT2D eigenvalue weighted by Gasteiger charge is -2.22. The van der Waals surface area contributed by atoms with Crippen molar-refractivity contribution in [3.63, 3.8) is 0 Å². The third kappa shape index (κ3) is 9.14. The summed E-state index contributed by atoms with van der Waals surface area (Å²) < 4.78 is 20.9. The molecule has 0 saturated carbocycles. The van der Waals surface area contributed by atoms with Crippen molar-refractivity contribution >= 4 is 28.7 Å². The van der Waals surface area contributed by atoms with Crippen LogP contribution in [0.4, 0.5) is 0 Å². The predicted molar refractivity (Wildman–Crippen MR) is 141 cm³/mol. The van der Waals surface area contributed by atoms with E-state index >= 15 is 0 Å². The summed E-state index contributed by atoms with van der Waals surface area (Å²) >= 11 is 0. The van der Waals surface area contributed by atoms with Crippen LogP contribution in [0.2, 0.25) is 0 Å². The smallest absolute Gasteiger partial charge is 0.339 e. The average Bonchev–Trinajstić information content (AvgIpc) is 2.93. The van der Waals surface area contributed by atoms with Gasteiger partial charge < -0.3 is 24.1 Å². The van der Waals surface area contributed by atoms with E-state index in [4.69, 9.17) is 18.9 Å². The molecule has 3 aromatic rings. The van der Waals surface area contributed by atoms with Gasteiger partial charge in [0.05, 0.1) is 13.2 Å². The SMILES string of the molecule is CCOC(=O)CO[C@@H](C(=O)OCc1ccccc1)[C@@H](OCC=CCCc1ccc2ccccc2c1)C(=O)O. The van der Waals surface area contributed by atoms with Crippen LogP contribution < -0.4 is 0 Å². The van der Waals surface area contributed by atoms with E-state index in [-0.39, 0.29) is 19.8 Å². The Bertz CT molecular complexity index is 1220. The number of carboxylic acid groups (broad SMARTS) is 1. The fraction of sp³-hybridized carbons (Fsp3) is 0.300. The van der Waals surface area contributed by atoms with Gasteiger partial charge in [0.1, 0.15) is 13.2 Å². The van der Waals surface area contributed by atoms with E-state index in [1.807, 2.05) is 24.3 Å². The van der Waals surface area contributed by atoms with Crippen molar-refractivity contribution in [1.82, 2.24) is 0 Å². The molecule has 0 amide bonds. The van der Waals surface area contributed by atoms with Crippen molar-refractivity contribution in [2.45, 2.75) is 38.6 Å². The molecule has 0 saturated heterocycles. The maximum Gasteiger partial charge on any atom is 0.339 e. The quantitative estimate of drug-likeness (QED) is 0.231. The summed E-state index contributed by atoms with van der Waals surface area (Å²) in [4.78, 5) is 36.5. The highest BCUT2D eigenvalue weighted by Crippen LogP contribution is 2.17. The molecule has 1 N–H and O–H groups in total. The second kappa shape index (κ2) is 15.3. The summed E-state index contributed by atoms with van der Waals surface area (Å²) in [5.41, 5.74) is 1.90. The van der Waals surface area contributed by atoms with Gasteiger partial charge in [-0.05, 0) is 41.7 Å². The van der Waals surface area contributed by atoms with Gasteiger partial charge in [0.25, 0.3) is 0 Å². The van der Waals surface area contributed by atoms with Crippen molar-refractivity contribution in [3.05, 3.63) is 96.1 Å². The van der Waals surface area contributed by atoms with Gasteiger partial charge in [-0.25, -0.2) is 14.4 Å². The average molecular weight is 521 g/mol. The van der Waals surface area contributed by atoms with Crippen LogP contribution in [0, 0.1) is 0 Å². The van der Waals surface area contributed by atoms with Gasteiger partial charge in [-0.2, -0.15) is 0 Å². The Labute approximate surface area is 221 Å². The molecule has 0 aliphatic heterocycles. The monoisotopic (exact) mass is 520 g/mol. The molecule has 0 aliphatic carbocycles. The summed E-state index contributed by atoms with van der Waals surface area (Å²) in [5, 5.41) is 12.1. The third-order valence-corrected chi connectivity index (χ3v) is 5.61. The molecule has 0 radical (unpaired) electrons. The topological polar surface area (TPSA) is 108 Å². The molecule has 200 valence electrons. The molecule has 3 rings (SSSR count). The minimum Gasteiger partial charge on any atom is -0.479 e. The number of rotatable bonds is 15. The third-order valence-electron chi connectivity index (χ3n) is 5.61.